The van der Waals surface area contributed by atoms with E-state index >= 15 is 0 Å². The maximum atomic E-state index is 6.03. The molecule has 2 rings (SSSR count). The van der Waals surface area contributed by atoms with Crippen LogP contribution in [0.3, 0.4) is 0 Å². The monoisotopic (exact) mass is 232 g/mol. The Morgan fingerprint density at radius 2 is 2.12 bits per heavy atom. The fourth-order valence-electron chi connectivity index (χ4n) is 2.87. The first-order chi connectivity index (χ1) is 8.24. The SMILES string of the molecule is CCC1CCCCCN1c1cccc(N)c1C. The van der Waals surface area contributed by atoms with E-state index in [0.29, 0.717) is 6.04 Å². The summed E-state index contributed by atoms with van der Waals surface area (Å²) in [6.45, 7) is 5.62. The molecule has 0 amide bonds. The van der Waals surface area contributed by atoms with Crippen LogP contribution in [0.25, 0.3) is 0 Å². The van der Waals surface area contributed by atoms with Crippen molar-refractivity contribution in [2.75, 3.05) is 17.2 Å². The summed E-state index contributed by atoms with van der Waals surface area (Å²) in [6.07, 6.45) is 6.61. The first kappa shape index (κ1) is 12.3. The van der Waals surface area contributed by atoms with Crippen LogP contribution in [0.5, 0.6) is 0 Å². The van der Waals surface area contributed by atoms with E-state index in [9.17, 15) is 0 Å². The van der Waals surface area contributed by atoms with Gasteiger partial charge < -0.3 is 10.6 Å². The Morgan fingerprint density at radius 1 is 1.29 bits per heavy atom. The van der Waals surface area contributed by atoms with Crippen LogP contribution in [0.2, 0.25) is 0 Å². The molecule has 1 unspecified atom stereocenters. The second kappa shape index (κ2) is 5.44. The van der Waals surface area contributed by atoms with Crippen molar-refractivity contribution in [2.24, 2.45) is 0 Å². The van der Waals surface area contributed by atoms with E-state index in [1.165, 1.54) is 49.9 Å². The van der Waals surface area contributed by atoms with Gasteiger partial charge in [0.05, 0.1) is 0 Å². The van der Waals surface area contributed by atoms with Gasteiger partial charge in [0.2, 0.25) is 0 Å². The molecule has 17 heavy (non-hydrogen) atoms. The second-order valence-corrected chi connectivity index (χ2v) is 5.10. The molecule has 1 saturated heterocycles. The molecular formula is C15H24N2. The summed E-state index contributed by atoms with van der Waals surface area (Å²) >= 11 is 0. The maximum absolute atomic E-state index is 6.03. The summed E-state index contributed by atoms with van der Waals surface area (Å²) in [4.78, 5) is 2.58. The molecule has 1 aromatic carbocycles. The average molecular weight is 232 g/mol. The van der Waals surface area contributed by atoms with Crippen LogP contribution in [0, 0.1) is 6.92 Å². The number of hydrogen-bond donors (Lipinski definition) is 1. The number of hydrogen-bond acceptors (Lipinski definition) is 2. The highest BCUT2D eigenvalue weighted by Crippen LogP contribution is 2.30. The summed E-state index contributed by atoms with van der Waals surface area (Å²) in [5.74, 6) is 0. The lowest BCUT2D eigenvalue weighted by Crippen LogP contribution is -2.34. The molecular weight excluding hydrogens is 208 g/mol. The van der Waals surface area contributed by atoms with Crippen molar-refractivity contribution >= 4 is 11.4 Å². The highest BCUT2D eigenvalue weighted by Gasteiger charge is 2.21. The molecule has 1 aliphatic rings. The topological polar surface area (TPSA) is 29.3 Å². The van der Waals surface area contributed by atoms with Crippen LogP contribution in [-0.2, 0) is 0 Å². The largest absolute Gasteiger partial charge is 0.398 e. The third-order valence-electron chi connectivity index (χ3n) is 4.00. The summed E-state index contributed by atoms with van der Waals surface area (Å²) < 4.78 is 0. The fraction of sp³-hybridized carbons (Fsp3) is 0.600. The van der Waals surface area contributed by atoms with E-state index in [1.807, 2.05) is 6.07 Å². The summed E-state index contributed by atoms with van der Waals surface area (Å²) in [7, 11) is 0. The molecule has 1 atom stereocenters. The van der Waals surface area contributed by atoms with Gasteiger partial charge in [0.25, 0.3) is 0 Å². The molecule has 1 heterocycles. The Hall–Kier alpha value is -1.18. The predicted molar refractivity (Wildman–Crippen MR) is 75.5 cm³/mol. The standard InChI is InChI=1S/C15H24N2/c1-3-13-8-5-4-6-11-17(13)15-10-7-9-14(16)12(15)2/h7,9-10,13H,3-6,8,11,16H2,1-2H3. The number of anilines is 2. The van der Waals surface area contributed by atoms with E-state index < -0.39 is 0 Å². The van der Waals surface area contributed by atoms with Crippen LogP contribution >= 0.6 is 0 Å². The van der Waals surface area contributed by atoms with Crippen molar-refractivity contribution in [1.29, 1.82) is 0 Å². The number of nitrogens with zero attached hydrogens (tertiary/aromatic N) is 1. The summed E-state index contributed by atoms with van der Waals surface area (Å²) in [5, 5.41) is 0. The Morgan fingerprint density at radius 3 is 2.88 bits per heavy atom. The van der Waals surface area contributed by atoms with Gasteiger partial charge in [-0.1, -0.05) is 25.8 Å². The zero-order valence-electron chi connectivity index (χ0n) is 11.1. The van der Waals surface area contributed by atoms with Crippen LogP contribution in [-0.4, -0.2) is 12.6 Å². The Labute approximate surface area is 105 Å². The molecule has 1 aliphatic heterocycles. The van der Waals surface area contributed by atoms with E-state index in [4.69, 9.17) is 5.73 Å². The number of benzene rings is 1. The first-order valence-corrected chi connectivity index (χ1v) is 6.85. The van der Waals surface area contributed by atoms with Crippen molar-refractivity contribution in [2.45, 2.75) is 52.0 Å². The minimum atomic E-state index is 0.693. The molecule has 0 aliphatic carbocycles. The third kappa shape index (κ3) is 2.56. The van der Waals surface area contributed by atoms with E-state index in [1.54, 1.807) is 0 Å². The molecule has 0 radical (unpaired) electrons. The molecule has 0 spiro atoms. The van der Waals surface area contributed by atoms with E-state index in [0.717, 1.165) is 5.69 Å². The molecule has 0 saturated carbocycles. The third-order valence-corrected chi connectivity index (χ3v) is 4.00. The molecule has 0 aromatic heterocycles. The number of rotatable bonds is 2. The smallest absolute Gasteiger partial charge is 0.0419 e. The van der Waals surface area contributed by atoms with Gasteiger partial charge in [-0.3, -0.25) is 0 Å². The lowest BCUT2D eigenvalue weighted by Gasteiger charge is -2.33. The van der Waals surface area contributed by atoms with Crippen molar-refractivity contribution in [3.63, 3.8) is 0 Å². The lowest BCUT2D eigenvalue weighted by atomic mass is 10.0. The van der Waals surface area contributed by atoms with Gasteiger partial charge in [-0.15, -0.1) is 0 Å². The van der Waals surface area contributed by atoms with Crippen LogP contribution < -0.4 is 10.6 Å². The Bertz CT molecular complexity index is 373. The van der Waals surface area contributed by atoms with Gasteiger partial charge in [-0.05, 0) is 43.9 Å². The van der Waals surface area contributed by atoms with Gasteiger partial charge in [0.1, 0.15) is 0 Å². The van der Waals surface area contributed by atoms with Gasteiger partial charge in [-0.25, -0.2) is 0 Å². The molecule has 2 nitrogen and oxygen atoms in total. The van der Waals surface area contributed by atoms with Crippen LogP contribution in [0.1, 0.15) is 44.6 Å². The van der Waals surface area contributed by atoms with Gasteiger partial charge in [-0.2, -0.15) is 0 Å². The van der Waals surface area contributed by atoms with Gasteiger partial charge >= 0.3 is 0 Å². The molecule has 94 valence electrons. The zero-order valence-corrected chi connectivity index (χ0v) is 11.1. The van der Waals surface area contributed by atoms with Crippen molar-refractivity contribution in [3.05, 3.63) is 23.8 Å². The van der Waals surface area contributed by atoms with Crippen molar-refractivity contribution < 1.29 is 0 Å². The maximum Gasteiger partial charge on any atom is 0.0419 e. The van der Waals surface area contributed by atoms with Crippen LogP contribution in [0.4, 0.5) is 11.4 Å². The van der Waals surface area contributed by atoms with E-state index in [-0.39, 0.29) is 0 Å². The quantitative estimate of drug-likeness (QED) is 0.787. The normalized spacial score (nSPS) is 21.3. The Kier molecular flexibility index (Phi) is 3.93. The number of nitrogen functional groups attached to an aromatic ring is 1. The van der Waals surface area contributed by atoms with Gasteiger partial charge in [0, 0.05) is 24.0 Å². The molecule has 2 N–H and O–H groups in total. The molecule has 0 bridgehead atoms. The molecule has 1 aromatic rings. The fourth-order valence-corrected chi connectivity index (χ4v) is 2.87. The number of nitrogens with two attached hydrogens (primary N) is 1. The van der Waals surface area contributed by atoms with Gasteiger partial charge in [0.15, 0.2) is 0 Å². The second-order valence-electron chi connectivity index (χ2n) is 5.10. The van der Waals surface area contributed by atoms with Crippen molar-refractivity contribution in [1.82, 2.24) is 0 Å². The Balaban J connectivity index is 2.31. The molecule has 2 heteroatoms. The predicted octanol–water partition coefficient (Wildman–Crippen LogP) is 3.74. The average Bonchev–Trinajstić information content (AvgIpc) is 2.57. The lowest BCUT2D eigenvalue weighted by molar-refractivity contribution is 0.555. The summed E-state index contributed by atoms with van der Waals surface area (Å²) in [5.41, 5.74) is 9.53. The highest BCUT2D eigenvalue weighted by molar-refractivity contribution is 5.64. The molecule has 1 fully saturated rings. The van der Waals surface area contributed by atoms with Crippen molar-refractivity contribution in [3.8, 4) is 0 Å². The zero-order chi connectivity index (χ0) is 12.3. The minimum absolute atomic E-state index is 0.693. The first-order valence-electron chi connectivity index (χ1n) is 6.85. The highest BCUT2D eigenvalue weighted by atomic mass is 15.2. The summed E-state index contributed by atoms with van der Waals surface area (Å²) in [6, 6.07) is 6.99. The van der Waals surface area contributed by atoms with E-state index in [2.05, 4.69) is 30.9 Å². The van der Waals surface area contributed by atoms with Crippen LogP contribution in [0.15, 0.2) is 18.2 Å². The minimum Gasteiger partial charge on any atom is -0.398 e.